The number of anilines is 1. The first-order chi connectivity index (χ1) is 12.4. The van der Waals surface area contributed by atoms with Gasteiger partial charge in [-0.25, -0.2) is 0 Å². The number of nitrogens with one attached hydrogen (secondary N) is 2. The van der Waals surface area contributed by atoms with Gasteiger partial charge in [-0.3, -0.25) is 14.4 Å². The first-order valence-electron chi connectivity index (χ1n) is 8.88. The molecule has 0 saturated heterocycles. The van der Waals surface area contributed by atoms with Crippen LogP contribution in [0.5, 0.6) is 5.75 Å². The van der Waals surface area contributed by atoms with E-state index < -0.39 is 6.04 Å². The lowest BCUT2D eigenvalue weighted by atomic mass is 9.97. The highest BCUT2D eigenvalue weighted by molar-refractivity contribution is 5.97. The summed E-state index contributed by atoms with van der Waals surface area (Å²) in [4.78, 5) is 37.0. The summed E-state index contributed by atoms with van der Waals surface area (Å²) < 4.78 is 5.41. The molecule has 2 rings (SSSR count). The number of carbonyl (C=O) groups excluding carboxylic acids is 3. The third-order valence-corrected chi connectivity index (χ3v) is 4.50. The largest absolute Gasteiger partial charge is 0.484 e. The lowest BCUT2D eigenvalue weighted by molar-refractivity contribution is -0.130. The second-order valence-corrected chi connectivity index (χ2v) is 6.81. The van der Waals surface area contributed by atoms with Gasteiger partial charge < -0.3 is 20.3 Å². The van der Waals surface area contributed by atoms with Crippen molar-refractivity contribution in [3.8, 4) is 5.75 Å². The molecule has 142 valence electrons. The number of hydrogen-bond donors (Lipinski definition) is 2. The first-order valence-corrected chi connectivity index (χ1v) is 8.88. The van der Waals surface area contributed by atoms with E-state index in [4.69, 9.17) is 4.74 Å². The fraction of sp³-hybridized carbons (Fsp3) is 0.526. The normalized spacial score (nSPS) is 15.2. The van der Waals surface area contributed by atoms with Crippen molar-refractivity contribution >= 4 is 23.4 Å². The molecule has 7 nitrogen and oxygen atoms in total. The van der Waals surface area contributed by atoms with Crippen LogP contribution >= 0.6 is 0 Å². The Labute approximate surface area is 154 Å². The van der Waals surface area contributed by atoms with E-state index in [0.29, 0.717) is 11.4 Å². The van der Waals surface area contributed by atoms with Crippen LogP contribution in [0.3, 0.4) is 0 Å². The number of hydrogen-bond acceptors (Lipinski definition) is 4. The molecule has 0 aromatic heterocycles. The summed E-state index contributed by atoms with van der Waals surface area (Å²) in [6.45, 7) is 1.39. The molecule has 7 heteroatoms. The topological polar surface area (TPSA) is 87.7 Å². The van der Waals surface area contributed by atoms with E-state index >= 15 is 0 Å². The number of likely N-dealkylation sites (N-methyl/N-ethyl adjacent to an activating group) is 1. The highest BCUT2D eigenvalue weighted by Crippen LogP contribution is 2.28. The summed E-state index contributed by atoms with van der Waals surface area (Å²) in [5.41, 5.74) is 0.620. The van der Waals surface area contributed by atoms with Gasteiger partial charge in [0.2, 0.25) is 11.8 Å². The van der Waals surface area contributed by atoms with Gasteiger partial charge in [-0.15, -0.1) is 0 Å². The molecular weight excluding hydrogens is 334 g/mol. The van der Waals surface area contributed by atoms with Crippen LogP contribution in [-0.4, -0.2) is 49.4 Å². The average molecular weight is 361 g/mol. The second-order valence-electron chi connectivity index (χ2n) is 6.81. The van der Waals surface area contributed by atoms with Gasteiger partial charge in [-0.2, -0.15) is 0 Å². The number of rotatable bonds is 7. The fourth-order valence-corrected chi connectivity index (χ4v) is 3.04. The number of nitrogens with zero attached hydrogens (tertiary/aromatic N) is 1. The molecule has 0 radical (unpaired) electrons. The zero-order valence-electron chi connectivity index (χ0n) is 15.6. The Kier molecular flexibility index (Phi) is 7.00. The maximum Gasteiger partial charge on any atom is 0.259 e. The van der Waals surface area contributed by atoms with Gasteiger partial charge in [-0.05, 0) is 43.0 Å². The molecule has 26 heavy (non-hydrogen) atoms. The van der Waals surface area contributed by atoms with E-state index in [1.54, 1.807) is 38.4 Å². The predicted molar refractivity (Wildman–Crippen MR) is 98.8 cm³/mol. The van der Waals surface area contributed by atoms with Gasteiger partial charge in [-0.1, -0.05) is 12.8 Å². The summed E-state index contributed by atoms with van der Waals surface area (Å²) in [7, 11) is 3.33. The van der Waals surface area contributed by atoms with Crippen LogP contribution in [0.4, 0.5) is 5.69 Å². The van der Waals surface area contributed by atoms with E-state index in [9.17, 15) is 14.4 Å². The number of ether oxygens (including phenoxy) is 1. The molecule has 1 aromatic carbocycles. The van der Waals surface area contributed by atoms with Gasteiger partial charge in [0.1, 0.15) is 11.8 Å². The van der Waals surface area contributed by atoms with Crippen LogP contribution in [0.2, 0.25) is 0 Å². The average Bonchev–Trinajstić information content (AvgIpc) is 3.12. The van der Waals surface area contributed by atoms with E-state index in [1.807, 2.05) is 0 Å². The Hall–Kier alpha value is -2.57. The summed E-state index contributed by atoms with van der Waals surface area (Å²) in [6, 6.07) is 6.31. The van der Waals surface area contributed by atoms with Gasteiger partial charge in [0.25, 0.3) is 5.91 Å². The molecule has 0 spiro atoms. The fourth-order valence-electron chi connectivity index (χ4n) is 3.04. The molecule has 1 atom stereocenters. The molecule has 0 heterocycles. The molecule has 0 bridgehead atoms. The minimum Gasteiger partial charge on any atom is -0.484 e. The number of amides is 3. The van der Waals surface area contributed by atoms with Crippen molar-refractivity contribution in [1.82, 2.24) is 10.2 Å². The third-order valence-electron chi connectivity index (χ3n) is 4.50. The molecule has 1 aliphatic rings. The Morgan fingerprint density at radius 2 is 1.77 bits per heavy atom. The minimum absolute atomic E-state index is 0.0367. The summed E-state index contributed by atoms with van der Waals surface area (Å²) in [5, 5.41) is 5.63. The SMILES string of the molecule is CC(=O)NC(C(=O)Nc1ccc(OCC(=O)N(C)C)cc1)C1CCCC1. The molecule has 1 aromatic rings. The maximum atomic E-state index is 12.6. The third kappa shape index (κ3) is 5.75. The van der Waals surface area contributed by atoms with Crippen LogP contribution in [0, 0.1) is 5.92 Å². The van der Waals surface area contributed by atoms with E-state index in [-0.39, 0.29) is 30.2 Å². The van der Waals surface area contributed by atoms with Crippen LogP contribution in [0.25, 0.3) is 0 Å². The standard InChI is InChI=1S/C19H27N3O4/c1-13(23)20-18(14-6-4-5-7-14)19(25)21-15-8-10-16(11-9-15)26-12-17(24)22(2)3/h8-11,14,18H,4-7,12H2,1-3H3,(H,20,23)(H,21,25). The quantitative estimate of drug-likeness (QED) is 0.775. The van der Waals surface area contributed by atoms with Crippen molar-refractivity contribution in [3.05, 3.63) is 24.3 Å². The monoisotopic (exact) mass is 361 g/mol. The predicted octanol–water partition coefficient (Wildman–Crippen LogP) is 1.79. The van der Waals surface area contributed by atoms with Crippen molar-refractivity contribution in [2.24, 2.45) is 5.92 Å². The van der Waals surface area contributed by atoms with Crippen molar-refractivity contribution < 1.29 is 19.1 Å². The van der Waals surface area contributed by atoms with Gasteiger partial charge in [0, 0.05) is 26.7 Å². The smallest absolute Gasteiger partial charge is 0.259 e. The minimum atomic E-state index is -0.511. The molecular formula is C19H27N3O4. The van der Waals surface area contributed by atoms with Crippen molar-refractivity contribution in [3.63, 3.8) is 0 Å². The summed E-state index contributed by atoms with van der Waals surface area (Å²) in [6.07, 6.45) is 4.08. The summed E-state index contributed by atoms with van der Waals surface area (Å²) >= 11 is 0. The van der Waals surface area contributed by atoms with Crippen molar-refractivity contribution in [2.75, 3.05) is 26.0 Å². The van der Waals surface area contributed by atoms with Crippen LogP contribution in [0.1, 0.15) is 32.6 Å². The molecule has 0 aliphatic heterocycles. The summed E-state index contributed by atoms with van der Waals surface area (Å²) in [5.74, 6) is 0.193. The van der Waals surface area contributed by atoms with Gasteiger partial charge in [0.15, 0.2) is 6.61 Å². The van der Waals surface area contributed by atoms with Crippen LogP contribution < -0.4 is 15.4 Å². The molecule has 2 N–H and O–H groups in total. The molecule has 1 saturated carbocycles. The van der Waals surface area contributed by atoms with Crippen LogP contribution in [0.15, 0.2) is 24.3 Å². The highest BCUT2D eigenvalue weighted by Gasteiger charge is 2.31. The molecule has 1 unspecified atom stereocenters. The second kappa shape index (κ2) is 9.22. The lowest BCUT2D eigenvalue weighted by Gasteiger charge is -2.23. The first kappa shape index (κ1) is 19.8. The lowest BCUT2D eigenvalue weighted by Crippen LogP contribution is -2.47. The highest BCUT2D eigenvalue weighted by atomic mass is 16.5. The van der Waals surface area contributed by atoms with Gasteiger partial charge >= 0.3 is 0 Å². The van der Waals surface area contributed by atoms with E-state index in [2.05, 4.69) is 10.6 Å². The Balaban J connectivity index is 1.94. The van der Waals surface area contributed by atoms with Gasteiger partial charge in [0.05, 0.1) is 0 Å². The van der Waals surface area contributed by atoms with Crippen molar-refractivity contribution in [1.29, 1.82) is 0 Å². The molecule has 3 amide bonds. The maximum absolute atomic E-state index is 12.6. The Morgan fingerprint density at radius 1 is 1.15 bits per heavy atom. The Morgan fingerprint density at radius 3 is 2.31 bits per heavy atom. The molecule has 1 aliphatic carbocycles. The van der Waals surface area contributed by atoms with E-state index in [0.717, 1.165) is 25.7 Å². The number of benzene rings is 1. The molecule has 1 fully saturated rings. The zero-order chi connectivity index (χ0) is 19.1. The van der Waals surface area contributed by atoms with E-state index in [1.165, 1.54) is 11.8 Å². The van der Waals surface area contributed by atoms with Crippen molar-refractivity contribution in [2.45, 2.75) is 38.6 Å². The number of carbonyl (C=O) groups is 3. The zero-order valence-corrected chi connectivity index (χ0v) is 15.6. The van der Waals surface area contributed by atoms with Crippen LogP contribution in [-0.2, 0) is 14.4 Å². The Bertz CT molecular complexity index is 637.